The van der Waals surface area contributed by atoms with Crippen LogP contribution in [0.1, 0.15) is 32.8 Å². The summed E-state index contributed by atoms with van der Waals surface area (Å²) in [4.78, 5) is 24.0. The second kappa shape index (κ2) is 6.69. The van der Waals surface area contributed by atoms with Crippen LogP contribution in [0.5, 0.6) is 0 Å². The van der Waals surface area contributed by atoms with Crippen LogP contribution in [0.3, 0.4) is 0 Å². The van der Waals surface area contributed by atoms with Gasteiger partial charge in [0.15, 0.2) is 0 Å². The van der Waals surface area contributed by atoms with Gasteiger partial charge in [0.1, 0.15) is 0 Å². The van der Waals surface area contributed by atoms with E-state index in [0.29, 0.717) is 18.0 Å². The molecule has 0 saturated heterocycles. The Bertz CT molecular complexity index is 549. The lowest BCUT2D eigenvalue weighted by Crippen LogP contribution is -2.42. The molecule has 1 aliphatic rings. The highest BCUT2D eigenvalue weighted by Crippen LogP contribution is 2.39. The average molecular weight is 323 g/mol. The van der Waals surface area contributed by atoms with E-state index in [1.165, 1.54) is 0 Å². The van der Waals surface area contributed by atoms with Gasteiger partial charge in [-0.2, -0.15) is 0 Å². The van der Waals surface area contributed by atoms with E-state index in [-0.39, 0.29) is 29.2 Å². The Morgan fingerprint density at radius 1 is 1.14 bits per heavy atom. The van der Waals surface area contributed by atoms with E-state index < -0.39 is 0 Å². The van der Waals surface area contributed by atoms with Gasteiger partial charge in [0.05, 0.1) is 11.8 Å². The number of carbonyl (C=O) groups excluding carboxylic acids is 2. The van der Waals surface area contributed by atoms with E-state index in [1.54, 1.807) is 0 Å². The van der Waals surface area contributed by atoms with Crippen LogP contribution < -0.4 is 10.6 Å². The topological polar surface area (TPSA) is 58.2 Å². The van der Waals surface area contributed by atoms with E-state index in [0.717, 1.165) is 12.0 Å². The number of nitrogens with one attached hydrogen (secondary N) is 2. The third-order valence-corrected chi connectivity index (χ3v) is 3.84. The van der Waals surface area contributed by atoms with Gasteiger partial charge in [0.2, 0.25) is 11.8 Å². The number of benzene rings is 1. The predicted molar refractivity (Wildman–Crippen MR) is 87.7 cm³/mol. The van der Waals surface area contributed by atoms with E-state index in [2.05, 4.69) is 10.6 Å². The molecule has 22 heavy (non-hydrogen) atoms. The summed E-state index contributed by atoms with van der Waals surface area (Å²) in [5, 5.41) is 6.53. The summed E-state index contributed by atoms with van der Waals surface area (Å²) in [6, 6.07) is 7.58. The van der Waals surface area contributed by atoms with Gasteiger partial charge in [-0.15, -0.1) is 0 Å². The molecule has 0 spiro atoms. The van der Waals surface area contributed by atoms with Crippen molar-refractivity contribution in [3.63, 3.8) is 0 Å². The lowest BCUT2D eigenvalue weighted by atomic mass is 10.1. The van der Waals surface area contributed by atoms with Crippen LogP contribution in [0.15, 0.2) is 24.3 Å². The number of hydrogen-bond donors (Lipinski definition) is 2. The molecule has 2 amide bonds. The van der Waals surface area contributed by atoms with Crippen LogP contribution >= 0.6 is 11.6 Å². The third kappa shape index (κ3) is 5.02. The fraction of sp³-hybridized carbons (Fsp3) is 0.529. The smallest absolute Gasteiger partial charge is 0.224 e. The second-order valence-corrected chi connectivity index (χ2v) is 7.29. The van der Waals surface area contributed by atoms with Crippen molar-refractivity contribution >= 4 is 23.4 Å². The maximum Gasteiger partial charge on any atom is 0.224 e. The van der Waals surface area contributed by atoms with Crippen molar-refractivity contribution in [3.8, 4) is 0 Å². The van der Waals surface area contributed by atoms with Gasteiger partial charge < -0.3 is 10.6 Å². The lowest BCUT2D eigenvalue weighted by Gasteiger charge is -2.20. The lowest BCUT2D eigenvalue weighted by molar-refractivity contribution is -0.128. The van der Waals surface area contributed by atoms with Crippen LogP contribution in [0.25, 0.3) is 0 Å². The van der Waals surface area contributed by atoms with Crippen LogP contribution in [0.2, 0.25) is 5.02 Å². The van der Waals surface area contributed by atoms with E-state index in [4.69, 9.17) is 11.6 Å². The zero-order chi connectivity index (χ0) is 16.3. The molecule has 1 fully saturated rings. The molecule has 2 unspecified atom stereocenters. The largest absolute Gasteiger partial charge is 0.356 e. The van der Waals surface area contributed by atoms with Crippen LogP contribution in [-0.2, 0) is 16.0 Å². The molecule has 2 N–H and O–H groups in total. The van der Waals surface area contributed by atoms with Gasteiger partial charge in [0.25, 0.3) is 0 Å². The van der Waals surface area contributed by atoms with E-state index in [1.807, 2.05) is 45.0 Å². The van der Waals surface area contributed by atoms with Gasteiger partial charge in [-0.05, 0) is 51.3 Å². The predicted octanol–water partition coefficient (Wildman–Crippen LogP) is 2.55. The summed E-state index contributed by atoms with van der Waals surface area (Å²) in [5.74, 6) is -0.393. The van der Waals surface area contributed by atoms with Crippen molar-refractivity contribution in [2.75, 3.05) is 6.54 Å². The van der Waals surface area contributed by atoms with Gasteiger partial charge in [-0.25, -0.2) is 0 Å². The molecule has 0 aromatic heterocycles. The standard InChI is InChI=1S/C17H23ClN2O2/c1-17(2,3)20-16(22)14-10-13(14)15(21)19-9-8-11-4-6-12(18)7-5-11/h4-7,13-14H,8-10H2,1-3H3,(H,19,21)(H,20,22). The molecule has 2 atom stereocenters. The molecule has 1 aliphatic carbocycles. The molecule has 0 heterocycles. The summed E-state index contributed by atoms with van der Waals surface area (Å²) in [6.07, 6.45) is 1.41. The SMILES string of the molecule is CC(C)(C)NC(=O)C1CC1C(=O)NCCc1ccc(Cl)cc1. The highest BCUT2D eigenvalue weighted by Gasteiger charge is 2.48. The zero-order valence-electron chi connectivity index (χ0n) is 13.3. The first-order valence-corrected chi connectivity index (χ1v) is 7.98. The number of halogens is 1. The van der Waals surface area contributed by atoms with Crippen molar-refractivity contribution in [3.05, 3.63) is 34.9 Å². The quantitative estimate of drug-likeness (QED) is 0.875. The molecular formula is C17H23ClN2O2. The fourth-order valence-corrected chi connectivity index (χ4v) is 2.48. The van der Waals surface area contributed by atoms with Crippen molar-refractivity contribution < 1.29 is 9.59 Å². The normalized spacial score (nSPS) is 20.4. The van der Waals surface area contributed by atoms with Crippen molar-refractivity contribution in [1.29, 1.82) is 0 Å². The van der Waals surface area contributed by atoms with Crippen LogP contribution in [0.4, 0.5) is 0 Å². The number of carbonyl (C=O) groups is 2. The summed E-state index contributed by atoms with van der Waals surface area (Å²) < 4.78 is 0. The molecule has 5 heteroatoms. The maximum absolute atomic E-state index is 12.0. The van der Waals surface area contributed by atoms with Crippen molar-refractivity contribution in [2.24, 2.45) is 11.8 Å². The minimum Gasteiger partial charge on any atom is -0.356 e. The van der Waals surface area contributed by atoms with Crippen LogP contribution in [-0.4, -0.2) is 23.9 Å². The number of amides is 2. The van der Waals surface area contributed by atoms with Gasteiger partial charge >= 0.3 is 0 Å². The molecule has 0 aliphatic heterocycles. The molecular weight excluding hydrogens is 300 g/mol. The highest BCUT2D eigenvalue weighted by atomic mass is 35.5. The minimum absolute atomic E-state index is 0.0228. The van der Waals surface area contributed by atoms with Gasteiger partial charge in [-0.3, -0.25) is 9.59 Å². The highest BCUT2D eigenvalue weighted by molar-refractivity contribution is 6.30. The molecule has 0 radical (unpaired) electrons. The first-order valence-electron chi connectivity index (χ1n) is 7.60. The zero-order valence-corrected chi connectivity index (χ0v) is 14.0. The van der Waals surface area contributed by atoms with Gasteiger partial charge in [-0.1, -0.05) is 23.7 Å². The Morgan fingerprint density at radius 3 is 2.32 bits per heavy atom. The molecule has 2 rings (SSSR count). The summed E-state index contributed by atoms with van der Waals surface area (Å²) >= 11 is 5.83. The summed E-state index contributed by atoms with van der Waals surface area (Å²) in [6.45, 7) is 6.39. The van der Waals surface area contributed by atoms with E-state index in [9.17, 15) is 9.59 Å². The Hall–Kier alpha value is -1.55. The molecule has 4 nitrogen and oxygen atoms in total. The Labute approximate surface area is 136 Å². The first kappa shape index (κ1) is 16.8. The average Bonchev–Trinajstić information content (AvgIpc) is 3.19. The van der Waals surface area contributed by atoms with E-state index >= 15 is 0 Å². The maximum atomic E-state index is 12.0. The van der Waals surface area contributed by atoms with Crippen molar-refractivity contribution in [1.82, 2.24) is 10.6 Å². The van der Waals surface area contributed by atoms with Gasteiger partial charge in [0, 0.05) is 17.1 Å². The summed E-state index contributed by atoms with van der Waals surface area (Å²) in [5.41, 5.74) is 0.873. The second-order valence-electron chi connectivity index (χ2n) is 6.86. The Balaban J connectivity index is 1.71. The molecule has 1 aromatic carbocycles. The molecule has 1 aromatic rings. The Morgan fingerprint density at radius 2 is 1.73 bits per heavy atom. The fourth-order valence-electron chi connectivity index (χ4n) is 2.35. The first-order chi connectivity index (χ1) is 10.3. The van der Waals surface area contributed by atoms with Crippen LogP contribution in [0, 0.1) is 11.8 Å². The van der Waals surface area contributed by atoms with Crippen molar-refractivity contribution in [2.45, 2.75) is 39.2 Å². The molecule has 0 bridgehead atoms. The Kier molecular flexibility index (Phi) is 5.12. The summed E-state index contributed by atoms with van der Waals surface area (Å²) in [7, 11) is 0. The monoisotopic (exact) mass is 322 g/mol. The third-order valence-electron chi connectivity index (χ3n) is 3.59. The minimum atomic E-state index is -0.255. The molecule has 1 saturated carbocycles. The number of rotatable bonds is 5. The number of hydrogen-bond acceptors (Lipinski definition) is 2. The molecule has 120 valence electrons.